The summed E-state index contributed by atoms with van der Waals surface area (Å²) in [5.41, 5.74) is 2.73. The molecule has 4 heterocycles. The van der Waals surface area contributed by atoms with Crippen molar-refractivity contribution in [3.63, 3.8) is 0 Å². The minimum Gasteiger partial charge on any atom is -0.465 e. The maximum atomic E-state index is 14.1. The summed E-state index contributed by atoms with van der Waals surface area (Å²) in [6.45, 7) is 6.49. The van der Waals surface area contributed by atoms with Gasteiger partial charge in [0.2, 0.25) is 0 Å². The molecule has 1 aliphatic rings. The van der Waals surface area contributed by atoms with Crippen LogP contribution in [0.3, 0.4) is 0 Å². The Bertz CT molecular complexity index is 1720. The van der Waals surface area contributed by atoms with Crippen LogP contribution in [0.5, 0.6) is 0 Å². The normalized spacial score (nSPS) is 14.4. The fourth-order valence-corrected chi connectivity index (χ4v) is 6.37. The van der Waals surface area contributed by atoms with Crippen LogP contribution in [-0.4, -0.2) is 56.5 Å². The Balaban J connectivity index is 1.41. The molecule has 0 radical (unpaired) electrons. The van der Waals surface area contributed by atoms with Crippen LogP contribution in [0.25, 0.3) is 28.5 Å². The second kappa shape index (κ2) is 12.7. The van der Waals surface area contributed by atoms with Crippen molar-refractivity contribution < 1.29 is 32.6 Å². The Morgan fingerprint density at radius 2 is 1.82 bits per heavy atom. The number of pyridine rings is 1. The van der Waals surface area contributed by atoms with Crippen molar-refractivity contribution in [2.24, 2.45) is 0 Å². The van der Waals surface area contributed by atoms with Gasteiger partial charge in [0.1, 0.15) is 5.56 Å². The van der Waals surface area contributed by atoms with Gasteiger partial charge in [-0.2, -0.15) is 18.3 Å². The highest BCUT2D eigenvalue weighted by Gasteiger charge is 2.41. The predicted molar refractivity (Wildman–Crippen MR) is 162 cm³/mol. The Hall–Kier alpha value is -4.45. The molecule has 0 saturated carbocycles. The van der Waals surface area contributed by atoms with Gasteiger partial charge in [0, 0.05) is 18.0 Å². The van der Waals surface area contributed by atoms with Crippen molar-refractivity contribution in [3.8, 4) is 16.4 Å². The second-order valence-electron chi connectivity index (χ2n) is 10.6. The van der Waals surface area contributed by atoms with Crippen molar-refractivity contribution in [3.05, 3.63) is 87.0 Å². The van der Waals surface area contributed by atoms with E-state index < -0.39 is 29.5 Å². The molecule has 8 nitrogen and oxygen atoms in total. The first-order valence-electron chi connectivity index (χ1n) is 14.1. The van der Waals surface area contributed by atoms with Gasteiger partial charge in [0.05, 0.1) is 23.4 Å². The summed E-state index contributed by atoms with van der Waals surface area (Å²) in [6.07, 6.45) is 0.657. The summed E-state index contributed by atoms with van der Waals surface area (Å²) < 4.78 is 47.6. The molecule has 12 heteroatoms. The van der Waals surface area contributed by atoms with Gasteiger partial charge in [-0.1, -0.05) is 36.4 Å². The van der Waals surface area contributed by atoms with Crippen molar-refractivity contribution in [1.82, 2.24) is 19.7 Å². The van der Waals surface area contributed by atoms with Crippen LogP contribution < -0.4 is 0 Å². The molecular weight excluding hydrogens is 593 g/mol. The molecular formula is C32H31F3N4O4S. The first-order valence-corrected chi connectivity index (χ1v) is 14.9. The van der Waals surface area contributed by atoms with E-state index in [0.29, 0.717) is 29.4 Å². The lowest BCUT2D eigenvalue weighted by Crippen LogP contribution is -2.36. The molecule has 44 heavy (non-hydrogen) atoms. The number of alkyl halides is 3. The number of amides is 1. The zero-order valence-electron chi connectivity index (χ0n) is 24.4. The van der Waals surface area contributed by atoms with Gasteiger partial charge >= 0.3 is 18.2 Å². The summed E-state index contributed by atoms with van der Waals surface area (Å²) in [6, 6.07) is 13.0. The van der Waals surface area contributed by atoms with Gasteiger partial charge in [0.25, 0.3) is 0 Å². The number of esters is 1. The number of aryl methyl sites for hydroxylation is 2. The lowest BCUT2D eigenvalue weighted by atomic mass is 9.88. The minimum absolute atomic E-state index is 0.0687. The smallest absolute Gasteiger partial charge is 0.434 e. The first kappa shape index (κ1) is 31.0. The maximum absolute atomic E-state index is 14.1. The van der Waals surface area contributed by atoms with E-state index >= 15 is 0 Å². The van der Waals surface area contributed by atoms with E-state index in [4.69, 9.17) is 4.74 Å². The average molecular weight is 625 g/mol. The zero-order chi connectivity index (χ0) is 31.6. The molecule has 0 bridgehead atoms. The van der Waals surface area contributed by atoms with Crippen LogP contribution in [0.2, 0.25) is 0 Å². The quantitative estimate of drug-likeness (QED) is 0.211. The molecule has 1 amide bonds. The summed E-state index contributed by atoms with van der Waals surface area (Å²) >= 11 is 1.48. The highest BCUT2D eigenvalue weighted by molar-refractivity contribution is 7.15. The van der Waals surface area contributed by atoms with Crippen LogP contribution in [0.1, 0.15) is 68.9 Å². The Morgan fingerprint density at radius 3 is 2.48 bits per heavy atom. The van der Waals surface area contributed by atoms with E-state index in [1.54, 1.807) is 12.1 Å². The van der Waals surface area contributed by atoms with Crippen molar-refractivity contribution in [2.75, 3.05) is 19.7 Å². The first-order chi connectivity index (χ1) is 21.0. The molecule has 3 aromatic heterocycles. The summed E-state index contributed by atoms with van der Waals surface area (Å²) in [7, 11) is 0. The fourth-order valence-electron chi connectivity index (χ4n) is 5.40. The molecule has 230 valence electrons. The number of ether oxygens (including phenoxy) is 1. The molecule has 0 aliphatic carbocycles. The highest BCUT2D eigenvalue weighted by Crippen LogP contribution is 2.36. The number of likely N-dealkylation sites (tertiary alicyclic amines) is 1. The number of benzene rings is 1. The fraction of sp³-hybridized carbons (Fsp3) is 0.312. The number of rotatable bonds is 7. The Labute approximate surface area is 256 Å². The van der Waals surface area contributed by atoms with Gasteiger partial charge in [-0.3, -0.25) is 0 Å². The molecule has 0 atom stereocenters. The van der Waals surface area contributed by atoms with Crippen molar-refractivity contribution in [1.29, 1.82) is 0 Å². The number of carbonyl (C=O) groups excluding carboxylic acids is 1. The minimum atomic E-state index is -4.87. The number of hydrogen-bond donors (Lipinski definition) is 1. The molecule has 1 aromatic carbocycles. The molecule has 1 saturated heterocycles. The average Bonchev–Trinajstić information content (AvgIpc) is 3.61. The monoisotopic (exact) mass is 624 g/mol. The topological polar surface area (TPSA) is 97.6 Å². The van der Waals surface area contributed by atoms with Crippen LogP contribution >= 0.6 is 11.3 Å². The largest absolute Gasteiger partial charge is 0.465 e. The number of halogens is 3. The third-order valence-corrected chi connectivity index (χ3v) is 8.66. The van der Waals surface area contributed by atoms with Crippen molar-refractivity contribution in [2.45, 2.75) is 45.7 Å². The van der Waals surface area contributed by atoms with Crippen LogP contribution in [0.15, 0.2) is 48.7 Å². The van der Waals surface area contributed by atoms with E-state index in [9.17, 15) is 27.9 Å². The third kappa shape index (κ3) is 6.54. The Kier molecular flexibility index (Phi) is 8.91. The third-order valence-electron chi connectivity index (χ3n) is 7.57. The van der Waals surface area contributed by atoms with Gasteiger partial charge in [-0.25, -0.2) is 19.3 Å². The van der Waals surface area contributed by atoms with Gasteiger partial charge < -0.3 is 14.7 Å². The molecule has 1 N–H and O–H groups in total. The number of hydrogen-bond acceptors (Lipinski definition) is 6. The molecule has 0 spiro atoms. The number of aromatic nitrogens is 3. The summed E-state index contributed by atoms with van der Waals surface area (Å²) in [4.78, 5) is 31.2. The summed E-state index contributed by atoms with van der Waals surface area (Å²) in [5.74, 6) is -0.866. The molecule has 1 aliphatic heterocycles. The standard InChI is InChI=1S/C32H31F3N4O4S/c1-4-43-30(40)25-18-36-39(29(25)32(33,34)35)27-7-5-6-26(37-27)28-24(17-20(3)44-28)11-9-21-8-10-23(16-19(21)2)22-12-14-38(15-13-22)31(41)42/h5-11,16-18,22H,4,12-15H2,1-3H3,(H,41,42). The number of thiophene rings is 1. The maximum Gasteiger partial charge on any atom is 0.434 e. The summed E-state index contributed by atoms with van der Waals surface area (Å²) in [5, 5.41) is 13.1. The number of piperidine rings is 1. The number of carboxylic acid groups (broad SMARTS) is 1. The molecule has 5 rings (SSSR count). The second-order valence-corrected chi connectivity index (χ2v) is 11.8. The van der Waals surface area contributed by atoms with E-state index in [2.05, 4.69) is 28.3 Å². The lowest BCUT2D eigenvalue weighted by Gasteiger charge is -2.30. The van der Waals surface area contributed by atoms with Gasteiger partial charge in [-0.15, -0.1) is 11.3 Å². The van der Waals surface area contributed by atoms with Crippen LogP contribution in [-0.2, 0) is 10.9 Å². The Morgan fingerprint density at radius 1 is 1.09 bits per heavy atom. The van der Waals surface area contributed by atoms with Crippen molar-refractivity contribution >= 4 is 35.6 Å². The zero-order valence-corrected chi connectivity index (χ0v) is 25.2. The molecule has 4 aromatic rings. The molecule has 0 unspecified atom stereocenters. The lowest BCUT2D eigenvalue weighted by molar-refractivity contribution is -0.143. The van der Waals surface area contributed by atoms with Crippen LogP contribution in [0.4, 0.5) is 18.0 Å². The van der Waals surface area contributed by atoms with E-state index in [-0.39, 0.29) is 12.4 Å². The van der Waals surface area contributed by atoms with E-state index in [1.807, 2.05) is 32.1 Å². The predicted octanol–water partition coefficient (Wildman–Crippen LogP) is 7.84. The number of carbonyl (C=O) groups is 2. The van der Waals surface area contributed by atoms with Gasteiger partial charge in [0.15, 0.2) is 11.5 Å². The van der Waals surface area contributed by atoms with Gasteiger partial charge in [-0.05, 0) is 80.0 Å². The van der Waals surface area contributed by atoms with E-state index in [1.165, 1.54) is 34.8 Å². The highest BCUT2D eigenvalue weighted by atomic mass is 32.1. The molecule has 1 fully saturated rings. The SMILES string of the molecule is CCOC(=O)c1cnn(-c2cccc(-c3sc(C)cc3C=Cc3ccc(C4CCN(C(=O)O)CC4)cc3C)n2)c1C(F)(F)F. The van der Waals surface area contributed by atoms with E-state index in [0.717, 1.165) is 45.5 Å². The number of nitrogens with zero attached hydrogens (tertiary/aromatic N) is 4. The van der Waals surface area contributed by atoms with Crippen LogP contribution in [0, 0.1) is 13.8 Å².